The number of thiophene rings is 1. The highest BCUT2D eigenvalue weighted by molar-refractivity contribution is 7.21. The molecule has 11 heteroatoms. The second-order valence-corrected chi connectivity index (χ2v) is 11.5. The van der Waals surface area contributed by atoms with E-state index in [-0.39, 0.29) is 44.6 Å². The quantitative estimate of drug-likeness (QED) is 0.185. The lowest BCUT2D eigenvalue weighted by Gasteiger charge is -2.14. The summed E-state index contributed by atoms with van der Waals surface area (Å²) in [4.78, 5) is 29.3. The number of pyridine rings is 1. The van der Waals surface area contributed by atoms with Crippen LogP contribution in [0, 0.1) is 13.8 Å². The van der Waals surface area contributed by atoms with Gasteiger partial charge in [0.1, 0.15) is 33.5 Å². The minimum absolute atomic E-state index is 0.0372. The zero-order valence-electron chi connectivity index (χ0n) is 23.8. The number of halogens is 3. The standard InChI is InChI=1S/C32H28F3N3O4S/c1-16(2)21-11-7-18(4)13-24(21)41-15-20-10-12-23(42-20)30(40)38-27-26-22(19-8-5-17(3)6-9-19)14-25(32(33,34)35)37-31(26)43-28(27)29(36)39/h5-14,16H,15H2,1-4H3,(H2,36,39)(H,38,40). The van der Waals surface area contributed by atoms with Crippen molar-refractivity contribution >= 4 is 39.1 Å². The van der Waals surface area contributed by atoms with E-state index in [1.165, 1.54) is 6.07 Å². The molecular weight excluding hydrogens is 579 g/mol. The normalized spacial score (nSPS) is 11.7. The minimum atomic E-state index is -4.74. The number of carbonyl (C=O) groups excluding carboxylic acids is 2. The lowest BCUT2D eigenvalue weighted by molar-refractivity contribution is -0.140. The molecule has 0 aliphatic carbocycles. The Labute approximate surface area is 249 Å². The number of amides is 2. The van der Waals surface area contributed by atoms with Crippen molar-refractivity contribution in [3.63, 3.8) is 0 Å². The second kappa shape index (κ2) is 11.6. The van der Waals surface area contributed by atoms with Crippen LogP contribution in [0.25, 0.3) is 21.3 Å². The van der Waals surface area contributed by atoms with Crippen molar-refractivity contribution in [2.75, 3.05) is 5.32 Å². The average Bonchev–Trinajstić information content (AvgIpc) is 3.56. The molecule has 0 bridgehead atoms. The number of benzene rings is 2. The molecule has 0 saturated heterocycles. The Bertz CT molecular complexity index is 1840. The third-order valence-electron chi connectivity index (χ3n) is 6.82. The zero-order valence-corrected chi connectivity index (χ0v) is 24.6. The van der Waals surface area contributed by atoms with Crippen LogP contribution in [0.3, 0.4) is 0 Å². The van der Waals surface area contributed by atoms with Crippen LogP contribution in [-0.4, -0.2) is 16.8 Å². The van der Waals surface area contributed by atoms with E-state index in [2.05, 4.69) is 24.1 Å². The van der Waals surface area contributed by atoms with Crippen LogP contribution in [0.2, 0.25) is 0 Å². The highest BCUT2D eigenvalue weighted by atomic mass is 32.1. The zero-order chi connectivity index (χ0) is 31.1. The third-order valence-corrected chi connectivity index (χ3v) is 7.92. The van der Waals surface area contributed by atoms with Gasteiger partial charge in [0.2, 0.25) is 0 Å². The van der Waals surface area contributed by atoms with E-state index in [1.54, 1.807) is 30.3 Å². The van der Waals surface area contributed by atoms with Gasteiger partial charge < -0.3 is 20.2 Å². The number of aromatic nitrogens is 1. The molecule has 2 amide bonds. The number of ether oxygens (including phenoxy) is 1. The monoisotopic (exact) mass is 607 g/mol. The van der Waals surface area contributed by atoms with Gasteiger partial charge in [0.15, 0.2) is 5.76 Å². The average molecular weight is 608 g/mol. The number of nitrogens with zero attached hydrogens (tertiary/aromatic N) is 1. The number of fused-ring (bicyclic) bond motifs is 1. The Hall–Kier alpha value is -4.64. The summed E-state index contributed by atoms with van der Waals surface area (Å²) >= 11 is 0.676. The van der Waals surface area contributed by atoms with Gasteiger partial charge in [0.25, 0.3) is 11.8 Å². The molecule has 0 saturated carbocycles. The maximum absolute atomic E-state index is 13.8. The fourth-order valence-electron chi connectivity index (χ4n) is 4.64. The van der Waals surface area contributed by atoms with Crippen molar-refractivity contribution in [3.05, 3.63) is 99.4 Å². The first-order valence-corrected chi connectivity index (χ1v) is 14.2. The number of nitrogens with one attached hydrogen (secondary N) is 1. The molecular formula is C32H28F3N3O4S. The van der Waals surface area contributed by atoms with E-state index < -0.39 is 23.7 Å². The predicted molar refractivity (Wildman–Crippen MR) is 160 cm³/mol. The van der Waals surface area contributed by atoms with E-state index in [9.17, 15) is 22.8 Å². The van der Waals surface area contributed by atoms with E-state index >= 15 is 0 Å². The molecule has 0 atom stereocenters. The number of anilines is 1. The molecule has 0 unspecified atom stereocenters. The Morgan fingerprint density at radius 2 is 1.72 bits per heavy atom. The summed E-state index contributed by atoms with van der Waals surface area (Å²) < 4.78 is 53.1. The molecule has 0 fully saturated rings. The number of nitrogens with two attached hydrogens (primary N) is 1. The van der Waals surface area contributed by atoms with Crippen LogP contribution >= 0.6 is 11.3 Å². The summed E-state index contributed by atoms with van der Waals surface area (Å²) in [5.41, 5.74) is 7.99. The fraction of sp³-hybridized carbons (Fsp3) is 0.219. The van der Waals surface area contributed by atoms with Crippen LogP contribution in [-0.2, 0) is 12.8 Å². The molecule has 5 aromatic rings. The van der Waals surface area contributed by atoms with Crippen molar-refractivity contribution in [3.8, 4) is 16.9 Å². The molecule has 222 valence electrons. The van der Waals surface area contributed by atoms with Gasteiger partial charge in [-0.15, -0.1) is 11.3 Å². The molecule has 0 aliphatic rings. The number of hydrogen-bond donors (Lipinski definition) is 2. The Morgan fingerprint density at radius 1 is 1.02 bits per heavy atom. The topological polar surface area (TPSA) is 107 Å². The number of primary amides is 1. The van der Waals surface area contributed by atoms with Crippen LogP contribution in [0.1, 0.15) is 68.1 Å². The fourth-order valence-corrected chi connectivity index (χ4v) is 5.65. The summed E-state index contributed by atoms with van der Waals surface area (Å²) in [6, 6.07) is 16.7. The first-order chi connectivity index (χ1) is 20.3. The number of hydrogen-bond acceptors (Lipinski definition) is 6. The summed E-state index contributed by atoms with van der Waals surface area (Å²) in [5, 5.41) is 2.81. The van der Waals surface area contributed by atoms with E-state index in [1.807, 2.05) is 32.0 Å². The summed E-state index contributed by atoms with van der Waals surface area (Å²) in [6.45, 7) is 7.99. The first-order valence-electron chi connectivity index (χ1n) is 13.4. The SMILES string of the molecule is Cc1ccc(-c2cc(C(F)(F)F)nc3sc(C(N)=O)c(NC(=O)c4ccc(COc5cc(C)ccc5C(C)C)o4)c23)cc1. The lowest BCUT2D eigenvalue weighted by atomic mass is 10.00. The van der Waals surface area contributed by atoms with Crippen LogP contribution in [0.15, 0.2) is 65.1 Å². The van der Waals surface area contributed by atoms with E-state index in [4.69, 9.17) is 14.9 Å². The largest absolute Gasteiger partial charge is 0.485 e. The minimum Gasteiger partial charge on any atom is -0.485 e. The summed E-state index contributed by atoms with van der Waals surface area (Å²) in [6.07, 6.45) is -4.74. The van der Waals surface area contributed by atoms with Gasteiger partial charge in [0.05, 0.1) is 5.69 Å². The summed E-state index contributed by atoms with van der Waals surface area (Å²) in [7, 11) is 0. The van der Waals surface area contributed by atoms with Gasteiger partial charge in [0, 0.05) is 5.39 Å². The molecule has 3 heterocycles. The number of carbonyl (C=O) groups is 2. The molecule has 2 aromatic carbocycles. The molecule has 5 rings (SSSR count). The maximum atomic E-state index is 13.8. The number of aryl methyl sites for hydroxylation is 2. The highest BCUT2D eigenvalue weighted by Gasteiger charge is 2.35. The van der Waals surface area contributed by atoms with Gasteiger partial charge >= 0.3 is 6.18 Å². The van der Waals surface area contributed by atoms with Crippen molar-refractivity contribution < 1.29 is 31.9 Å². The third kappa shape index (κ3) is 6.26. The second-order valence-electron chi connectivity index (χ2n) is 10.5. The molecule has 3 aromatic heterocycles. The summed E-state index contributed by atoms with van der Waals surface area (Å²) in [5.74, 6) is -0.402. The van der Waals surface area contributed by atoms with Crippen LogP contribution in [0.4, 0.5) is 18.9 Å². The Morgan fingerprint density at radius 3 is 2.37 bits per heavy atom. The van der Waals surface area contributed by atoms with Gasteiger partial charge in [-0.05, 0) is 66.3 Å². The van der Waals surface area contributed by atoms with E-state index in [0.717, 1.165) is 22.8 Å². The molecule has 0 radical (unpaired) electrons. The van der Waals surface area contributed by atoms with Crippen LogP contribution in [0.5, 0.6) is 5.75 Å². The highest BCUT2D eigenvalue weighted by Crippen LogP contribution is 2.44. The van der Waals surface area contributed by atoms with Crippen LogP contribution < -0.4 is 15.8 Å². The Balaban J connectivity index is 1.50. The van der Waals surface area contributed by atoms with Gasteiger partial charge in [-0.3, -0.25) is 9.59 Å². The van der Waals surface area contributed by atoms with Gasteiger partial charge in [-0.25, -0.2) is 4.98 Å². The molecule has 3 N–H and O–H groups in total. The van der Waals surface area contributed by atoms with Crippen molar-refractivity contribution in [1.82, 2.24) is 4.98 Å². The molecule has 7 nitrogen and oxygen atoms in total. The van der Waals surface area contributed by atoms with Crippen molar-refractivity contribution in [2.45, 2.75) is 46.4 Å². The molecule has 0 spiro atoms. The smallest absolute Gasteiger partial charge is 0.433 e. The van der Waals surface area contributed by atoms with Gasteiger partial charge in [-0.2, -0.15) is 13.2 Å². The van der Waals surface area contributed by atoms with Gasteiger partial charge in [-0.1, -0.05) is 55.8 Å². The number of alkyl halides is 3. The maximum Gasteiger partial charge on any atom is 0.433 e. The van der Waals surface area contributed by atoms with Crippen molar-refractivity contribution in [2.24, 2.45) is 5.73 Å². The van der Waals surface area contributed by atoms with E-state index in [0.29, 0.717) is 28.4 Å². The number of rotatable bonds is 8. The lowest BCUT2D eigenvalue weighted by Crippen LogP contribution is -2.16. The number of furan rings is 1. The molecule has 43 heavy (non-hydrogen) atoms. The Kier molecular flexibility index (Phi) is 8.02. The first kappa shape index (κ1) is 29.8. The van der Waals surface area contributed by atoms with Crippen molar-refractivity contribution in [1.29, 1.82) is 0 Å². The predicted octanol–water partition coefficient (Wildman–Crippen LogP) is 8.25. The molecule has 0 aliphatic heterocycles.